The molecule has 2 rings (SSSR count). The van der Waals surface area contributed by atoms with E-state index in [1.54, 1.807) is 7.05 Å². The number of nitrogens with one attached hydrogen (secondary N) is 2. The van der Waals surface area contributed by atoms with Crippen LogP contribution in [0.5, 0.6) is 0 Å². The van der Waals surface area contributed by atoms with Crippen molar-refractivity contribution >= 4 is 29.1 Å². The summed E-state index contributed by atoms with van der Waals surface area (Å²) in [6, 6.07) is 2.92. The van der Waals surface area contributed by atoms with Crippen LogP contribution in [0.1, 0.15) is 12.8 Å². The maximum Gasteiger partial charge on any atom is 0.276 e. The van der Waals surface area contributed by atoms with Crippen molar-refractivity contribution in [3.05, 3.63) is 22.2 Å². The van der Waals surface area contributed by atoms with Crippen molar-refractivity contribution in [3.63, 3.8) is 0 Å². The lowest BCUT2D eigenvalue weighted by Crippen LogP contribution is -2.19. The third-order valence-corrected chi connectivity index (χ3v) is 4.24. The van der Waals surface area contributed by atoms with E-state index in [0.717, 1.165) is 6.54 Å². The summed E-state index contributed by atoms with van der Waals surface area (Å²) in [4.78, 5) is 14.7. The summed E-state index contributed by atoms with van der Waals surface area (Å²) in [7, 11) is 1.70. The SMILES string of the molecule is CNc1cc([N+](=O)[O-])cc(NCC2CCSCC2)n1. The summed E-state index contributed by atoms with van der Waals surface area (Å²) >= 11 is 1.99. The van der Waals surface area contributed by atoms with Crippen LogP contribution in [0.4, 0.5) is 17.3 Å². The van der Waals surface area contributed by atoms with Crippen LogP contribution in [0.3, 0.4) is 0 Å². The van der Waals surface area contributed by atoms with Crippen molar-refractivity contribution in [1.29, 1.82) is 0 Å². The minimum Gasteiger partial charge on any atom is -0.373 e. The number of aromatic nitrogens is 1. The predicted molar refractivity (Wildman–Crippen MR) is 79.0 cm³/mol. The van der Waals surface area contributed by atoms with Crippen molar-refractivity contribution < 1.29 is 4.92 Å². The second-order valence-corrected chi connectivity index (χ2v) is 5.76. The molecule has 0 bridgehead atoms. The largest absolute Gasteiger partial charge is 0.373 e. The van der Waals surface area contributed by atoms with Gasteiger partial charge in [-0.25, -0.2) is 4.98 Å². The van der Waals surface area contributed by atoms with Crippen LogP contribution in [-0.4, -0.2) is 35.0 Å². The van der Waals surface area contributed by atoms with Gasteiger partial charge in [-0.15, -0.1) is 0 Å². The summed E-state index contributed by atoms with van der Waals surface area (Å²) in [6.45, 7) is 0.831. The molecule has 1 fully saturated rings. The molecule has 2 N–H and O–H groups in total. The van der Waals surface area contributed by atoms with Crippen molar-refractivity contribution in [2.45, 2.75) is 12.8 Å². The zero-order chi connectivity index (χ0) is 13.7. The van der Waals surface area contributed by atoms with Crippen molar-refractivity contribution in [2.24, 2.45) is 5.92 Å². The van der Waals surface area contributed by atoms with Crippen LogP contribution in [0.25, 0.3) is 0 Å². The molecular weight excluding hydrogens is 264 g/mol. The fourth-order valence-corrected chi connectivity index (χ4v) is 3.24. The molecule has 0 saturated carbocycles. The quantitative estimate of drug-likeness (QED) is 0.638. The van der Waals surface area contributed by atoms with E-state index in [-0.39, 0.29) is 5.69 Å². The monoisotopic (exact) mass is 282 g/mol. The van der Waals surface area contributed by atoms with Gasteiger partial charge in [0.2, 0.25) is 0 Å². The molecule has 0 spiro atoms. The average Bonchev–Trinajstić information content (AvgIpc) is 2.45. The van der Waals surface area contributed by atoms with Crippen LogP contribution >= 0.6 is 11.8 Å². The maximum atomic E-state index is 10.8. The van der Waals surface area contributed by atoms with E-state index in [1.807, 2.05) is 11.8 Å². The Bertz CT molecular complexity index is 449. The van der Waals surface area contributed by atoms with Crippen molar-refractivity contribution in [1.82, 2.24) is 4.98 Å². The Morgan fingerprint density at radius 3 is 2.74 bits per heavy atom. The van der Waals surface area contributed by atoms with Gasteiger partial charge in [0, 0.05) is 13.6 Å². The molecule has 0 unspecified atom stereocenters. The molecule has 1 saturated heterocycles. The third-order valence-electron chi connectivity index (χ3n) is 3.19. The number of anilines is 2. The Balaban J connectivity index is 2.02. The van der Waals surface area contributed by atoms with Gasteiger partial charge in [0.15, 0.2) is 0 Å². The minimum atomic E-state index is -0.398. The molecule has 0 aliphatic carbocycles. The summed E-state index contributed by atoms with van der Waals surface area (Å²) in [5.41, 5.74) is 0.0565. The van der Waals surface area contributed by atoms with Gasteiger partial charge in [-0.05, 0) is 30.3 Å². The number of pyridine rings is 1. The topological polar surface area (TPSA) is 80.1 Å². The lowest BCUT2D eigenvalue weighted by molar-refractivity contribution is -0.384. The standard InChI is InChI=1S/C12H18N4O2S/c1-13-11-6-10(16(17)18)7-12(15-11)14-8-9-2-4-19-5-3-9/h6-7,9H,2-5,8H2,1H3,(H2,13,14,15). The molecule has 0 amide bonds. The van der Waals surface area contributed by atoms with Gasteiger partial charge < -0.3 is 10.6 Å². The lowest BCUT2D eigenvalue weighted by atomic mass is 10.0. The molecule has 104 valence electrons. The lowest BCUT2D eigenvalue weighted by Gasteiger charge is -2.21. The summed E-state index contributed by atoms with van der Waals surface area (Å²) < 4.78 is 0. The molecule has 0 atom stereocenters. The first kappa shape index (κ1) is 13.9. The van der Waals surface area contributed by atoms with Gasteiger partial charge in [0.1, 0.15) is 11.6 Å². The summed E-state index contributed by atoms with van der Waals surface area (Å²) in [5.74, 6) is 4.13. The van der Waals surface area contributed by atoms with E-state index < -0.39 is 4.92 Å². The summed E-state index contributed by atoms with van der Waals surface area (Å²) in [5, 5.41) is 16.9. The van der Waals surface area contributed by atoms with E-state index in [2.05, 4.69) is 15.6 Å². The van der Waals surface area contributed by atoms with Gasteiger partial charge in [0.25, 0.3) is 5.69 Å². The van der Waals surface area contributed by atoms with Gasteiger partial charge in [-0.3, -0.25) is 10.1 Å². The second-order valence-electron chi connectivity index (χ2n) is 4.54. The third kappa shape index (κ3) is 3.99. The molecule has 1 aromatic rings. The normalized spacial score (nSPS) is 16.1. The molecule has 0 radical (unpaired) electrons. The molecule has 6 nitrogen and oxygen atoms in total. The van der Waals surface area contributed by atoms with E-state index in [1.165, 1.54) is 36.5 Å². The number of thioether (sulfide) groups is 1. The highest BCUT2D eigenvalue weighted by Gasteiger charge is 2.15. The Kier molecular flexibility index (Phi) is 4.84. The molecule has 1 aliphatic rings. The van der Waals surface area contributed by atoms with Crippen LogP contribution in [-0.2, 0) is 0 Å². The molecule has 19 heavy (non-hydrogen) atoms. The first-order chi connectivity index (χ1) is 9.19. The van der Waals surface area contributed by atoms with E-state index in [4.69, 9.17) is 0 Å². The van der Waals surface area contributed by atoms with Gasteiger partial charge >= 0.3 is 0 Å². The van der Waals surface area contributed by atoms with Crippen LogP contribution in [0.2, 0.25) is 0 Å². The van der Waals surface area contributed by atoms with Gasteiger partial charge in [-0.2, -0.15) is 11.8 Å². The van der Waals surface area contributed by atoms with Gasteiger partial charge in [-0.1, -0.05) is 0 Å². The first-order valence-electron chi connectivity index (χ1n) is 6.35. The number of hydrogen-bond acceptors (Lipinski definition) is 6. The smallest absolute Gasteiger partial charge is 0.276 e. The average molecular weight is 282 g/mol. The fraction of sp³-hybridized carbons (Fsp3) is 0.583. The number of nitro groups is 1. The maximum absolute atomic E-state index is 10.8. The van der Waals surface area contributed by atoms with Crippen LogP contribution < -0.4 is 10.6 Å². The Labute approximate surface area is 116 Å². The molecule has 2 heterocycles. The van der Waals surface area contributed by atoms with Crippen molar-refractivity contribution in [2.75, 3.05) is 35.7 Å². The highest BCUT2D eigenvalue weighted by Crippen LogP contribution is 2.24. The molecule has 7 heteroatoms. The highest BCUT2D eigenvalue weighted by atomic mass is 32.2. The summed E-state index contributed by atoms with van der Waals surface area (Å²) in [6.07, 6.45) is 2.40. The van der Waals surface area contributed by atoms with Crippen LogP contribution in [0, 0.1) is 16.0 Å². The number of rotatable bonds is 5. The molecular formula is C12H18N4O2S. The number of nitrogens with zero attached hydrogens (tertiary/aromatic N) is 2. The van der Waals surface area contributed by atoms with Crippen molar-refractivity contribution in [3.8, 4) is 0 Å². The highest BCUT2D eigenvalue weighted by molar-refractivity contribution is 7.99. The second kappa shape index (κ2) is 6.60. The van der Waals surface area contributed by atoms with Gasteiger partial charge in [0.05, 0.1) is 17.1 Å². The van der Waals surface area contributed by atoms with E-state index >= 15 is 0 Å². The predicted octanol–water partition coefficient (Wildman–Crippen LogP) is 2.59. The zero-order valence-corrected chi connectivity index (χ0v) is 11.7. The minimum absolute atomic E-state index is 0.0565. The Morgan fingerprint density at radius 1 is 1.42 bits per heavy atom. The first-order valence-corrected chi connectivity index (χ1v) is 7.50. The van der Waals surface area contributed by atoms with Crippen LogP contribution in [0.15, 0.2) is 12.1 Å². The molecule has 0 aromatic carbocycles. The van der Waals surface area contributed by atoms with E-state index in [9.17, 15) is 10.1 Å². The zero-order valence-electron chi connectivity index (χ0n) is 10.9. The fourth-order valence-electron chi connectivity index (χ4n) is 2.04. The Hall–Kier alpha value is -1.50. The number of hydrogen-bond donors (Lipinski definition) is 2. The Morgan fingerprint density at radius 2 is 2.11 bits per heavy atom. The van der Waals surface area contributed by atoms with E-state index in [0.29, 0.717) is 17.6 Å². The molecule has 1 aromatic heterocycles. The molecule has 1 aliphatic heterocycles.